The normalized spacial score (nSPS) is 14.8. The number of carbonyl (C=O) groups is 2. The standard InChI is InChI=1S/C18H27N3O3/c1-4-19(5-2)11-12-24-16-9-7-15(8-10-16)13-21-17(22)14-20(6-3)18(21)23/h7-10H,4-6,11-14H2,1-3H3. The van der Waals surface area contributed by atoms with Crippen molar-refractivity contribution in [3.63, 3.8) is 0 Å². The van der Waals surface area contributed by atoms with Gasteiger partial charge in [0.15, 0.2) is 0 Å². The van der Waals surface area contributed by atoms with E-state index in [1.807, 2.05) is 31.2 Å². The molecule has 1 aromatic rings. The number of carbonyl (C=O) groups excluding carboxylic acids is 2. The van der Waals surface area contributed by atoms with Gasteiger partial charge in [-0.05, 0) is 37.7 Å². The smallest absolute Gasteiger partial charge is 0.327 e. The lowest BCUT2D eigenvalue weighted by Gasteiger charge is -2.18. The summed E-state index contributed by atoms with van der Waals surface area (Å²) in [4.78, 5) is 29.2. The van der Waals surface area contributed by atoms with E-state index in [1.165, 1.54) is 4.90 Å². The van der Waals surface area contributed by atoms with E-state index in [1.54, 1.807) is 4.90 Å². The van der Waals surface area contributed by atoms with E-state index in [0.717, 1.165) is 30.9 Å². The van der Waals surface area contributed by atoms with Crippen molar-refractivity contribution in [1.82, 2.24) is 14.7 Å². The molecule has 0 aromatic heterocycles. The lowest BCUT2D eigenvalue weighted by molar-refractivity contribution is -0.125. The third-order valence-corrected chi connectivity index (χ3v) is 4.35. The van der Waals surface area contributed by atoms with Crippen LogP contribution in [0.2, 0.25) is 0 Å². The Morgan fingerprint density at radius 3 is 2.29 bits per heavy atom. The second kappa shape index (κ2) is 8.68. The lowest BCUT2D eigenvalue weighted by Crippen LogP contribution is -2.32. The summed E-state index contributed by atoms with van der Waals surface area (Å²) >= 11 is 0. The van der Waals surface area contributed by atoms with Crippen molar-refractivity contribution in [1.29, 1.82) is 0 Å². The van der Waals surface area contributed by atoms with Crippen molar-refractivity contribution in [3.05, 3.63) is 29.8 Å². The van der Waals surface area contributed by atoms with Crippen molar-refractivity contribution in [2.75, 3.05) is 39.3 Å². The molecule has 0 aliphatic carbocycles. The maximum atomic E-state index is 12.1. The number of likely N-dealkylation sites (N-methyl/N-ethyl adjacent to an activating group) is 2. The zero-order valence-corrected chi connectivity index (χ0v) is 14.8. The van der Waals surface area contributed by atoms with Crippen LogP contribution in [0, 0.1) is 0 Å². The van der Waals surface area contributed by atoms with Gasteiger partial charge in [-0.2, -0.15) is 0 Å². The summed E-state index contributed by atoms with van der Waals surface area (Å²) in [6.07, 6.45) is 0. The Bertz CT molecular complexity index is 555. The first-order valence-electron chi connectivity index (χ1n) is 8.62. The van der Waals surface area contributed by atoms with Crippen molar-refractivity contribution in [2.45, 2.75) is 27.3 Å². The van der Waals surface area contributed by atoms with Crippen molar-refractivity contribution >= 4 is 11.9 Å². The SMILES string of the molecule is CCN(CC)CCOc1ccc(CN2C(=O)CN(CC)C2=O)cc1. The Labute approximate surface area is 144 Å². The predicted molar refractivity (Wildman–Crippen MR) is 92.9 cm³/mol. The number of urea groups is 1. The van der Waals surface area contributed by atoms with Gasteiger partial charge < -0.3 is 14.5 Å². The van der Waals surface area contributed by atoms with Crippen LogP contribution in [0.5, 0.6) is 5.75 Å². The van der Waals surface area contributed by atoms with Gasteiger partial charge in [-0.15, -0.1) is 0 Å². The number of hydrogen-bond acceptors (Lipinski definition) is 4. The molecule has 0 N–H and O–H groups in total. The molecule has 0 bridgehead atoms. The topological polar surface area (TPSA) is 53.1 Å². The minimum Gasteiger partial charge on any atom is -0.492 e. The molecule has 1 saturated heterocycles. The summed E-state index contributed by atoms with van der Waals surface area (Å²) in [6, 6.07) is 7.38. The molecule has 3 amide bonds. The van der Waals surface area contributed by atoms with Gasteiger partial charge in [0.25, 0.3) is 5.91 Å². The molecule has 1 aliphatic rings. The molecule has 24 heavy (non-hydrogen) atoms. The van der Waals surface area contributed by atoms with Crippen molar-refractivity contribution in [2.24, 2.45) is 0 Å². The minimum atomic E-state index is -0.206. The molecular formula is C18H27N3O3. The molecule has 0 saturated carbocycles. The highest BCUT2D eigenvalue weighted by Gasteiger charge is 2.34. The number of imide groups is 1. The van der Waals surface area contributed by atoms with Crippen LogP contribution in [0.25, 0.3) is 0 Å². The van der Waals surface area contributed by atoms with Crippen LogP contribution >= 0.6 is 0 Å². The van der Waals surface area contributed by atoms with Gasteiger partial charge in [-0.25, -0.2) is 4.79 Å². The third-order valence-electron chi connectivity index (χ3n) is 4.35. The summed E-state index contributed by atoms with van der Waals surface area (Å²) in [5.41, 5.74) is 0.922. The molecule has 132 valence electrons. The molecule has 0 atom stereocenters. The zero-order chi connectivity index (χ0) is 17.5. The summed E-state index contributed by atoms with van der Waals surface area (Å²) in [7, 11) is 0. The van der Waals surface area contributed by atoms with Crippen LogP contribution < -0.4 is 4.74 Å². The fourth-order valence-electron chi connectivity index (χ4n) is 2.70. The summed E-state index contributed by atoms with van der Waals surface area (Å²) < 4.78 is 5.74. The Balaban J connectivity index is 1.86. The van der Waals surface area contributed by atoms with Crippen LogP contribution in [0.3, 0.4) is 0 Å². The van der Waals surface area contributed by atoms with E-state index in [0.29, 0.717) is 19.7 Å². The molecule has 0 radical (unpaired) electrons. The average Bonchev–Trinajstić information content (AvgIpc) is 2.87. The van der Waals surface area contributed by atoms with Crippen LogP contribution in [-0.2, 0) is 11.3 Å². The van der Waals surface area contributed by atoms with Gasteiger partial charge >= 0.3 is 6.03 Å². The summed E-state index contributed by atoms with van der Waals surface area (Å²) in [5.74, 6) is 0.668. The fourth-order valence-corrected chi connectivity index (χ4v) is 2.70. The molecule has 1 heterocycles. The first-order chi connectivity index (χ1) is 11.6. The second-order valence-corrected chi connectivity index (χ2v) is 5.80. The molecular weight excluding hydrogens is 306 g/mol. The Morgan fingerprint density at radius 1 is 1.08 bits per heavy atom. The van der Waals surface area contributed by atoms with Crippen molar-refractivity contribution < 1.29 is 14.3 Å². The maximum Gasteiger partial charge on any atom is 0.327 e. The average molecular weight is 333 g/mol. The first-order valence-corrected chi connectivity index (χ1v) is 8.62. The first kappa shape index (κ1) is 18.3. The van der Waals surface area contributed by atoms with Gasteiger partial charge in [-0.3, -0.25) is 9.69 Å². The number of amides is 3. The Hall–Kier alpha value is -2.08. The molecule has 1 aromatic carbocycles. The van der Waals surface area contributed by atoms with Gasteiger partial charge in [0.2, 0.25) is 0 Å². The fraction of sp³-hybridized carbons (Fsp3) is 0.556. The van der Waals surface area contributed by atoms with Gasteiger partial charge in [-0.1, -0.05) is 26.0 Å². The monoisotopic (exact) mass is 333 g/mol. The summed E-state index contributed by atoms with van der Waals surface area (Å²) in [5, 5.41) is 0. The van der Waals surface area contributed by atoms with E-state index in [9.17, 15) is 9.59 Å². The van der Waals surface area contributed by atoms with Crippen molar-refractivity contribution in [3.8, 4) is 5.75 Å². The van der Waals surface area contributed by atoms with E-state index in [-0.39, 0.29) is 18.5 Å². The summed E-state index contributed by atoms with van der Waals surface area (Å²) in [6.45, 7) is 10.8. The lowest BCUT2D eigenvalue weighted by atomic mass is 10.2. The highest BCUT2D eigenvalue weighted by molar-refractivity contribution is 6.01. The van der Waals surface area contributed by atoms with Gasteiger partial charge in [0.1, 0.15) is 18.9 Å². The number of rotatable bonds is 9. The highest BCUT2D eigenvalue weighted by atomic mass is 16.5. The highest BCUT2D eigenvalue weighted by Crippen LogP contribution is 2.17. The third kappa shape index (κ3) is 4.47. The van der Waals surface area contributed by atoms with E-state index in [4.69, 9.17) is 4.74 Å². The largest absolute Gasteiger partial charge is 0.492 e. The van der Waals surface area contributed by atoms with Crippen LogP contribution in [0.1, 0.15) is 26.3 Å². The number of ether oxygens (including phenoxy) is 1. The van der Waals surface area contributed by atoms with E-state index in [2.05, 4.69) is 18.7 Å². The molecule has 0 spiro atoms. The Morgan fingerprint density at radius 2 is 1.75 bits per heavy atom. The quantitative estimate of drug-likeness (QED) is 0.650. The van der Waals surface area contributed by atoms with Crippen LogP contribution in [0.4, 0.5) is 4.79 Å². The van der Waals surface area contributed by atoms with E-state index >= 15 is 0 Å². The zero-order valence-electron chi connectivity index (χ0n) is 14.8. The predicted octanol–water partition coefficient (Wildman–Crippen LogP) is 2.19. The Kier molecular flexibility index (Phi) is 6.61. The minimum absolute atomic E-state index is 0.138. The second-order valence-electron chi connectivity index (χ2n) is 5.80. The number of hydrogen-bond donors (Lipinski definition) is 0. The molecule has 2 rings (SSSR count). The molecule has 1 aliphatic heterocycles. The number of nitrogens with zero attached hydrogens (tertiary/aromatic N) is 3. The maximum absolute atomic E-state index is 12.1. The molecule has 1 fully saturated rings. The van der Waals surface area contributed by atoms with E-state index < -0.39 is 0 Å². The van der Waals surface area contributed by atoms with Crippen LogP contribution in [-0.4, -0.2) is 66.0 Å². The number of benzene rings is 1. The van der Waals surface area contributed by atoms with Gasteiger partial charge in [0.05, 0.1) is 6.54 Å². The van der Waals surface area contributed by atoms with Crippen LogP contribution in [0.15, 0.2) is 24.3 Å². The van der Waals surface area contributed by atoms with Gasteiger partial charge in [0, 0.05) is 13.1 Å². The molecule has 6 nitrogen and oxygen atoms in total. The molecule has 6 heteroatoms. The molecule has 0 unspecified atom stereocenters.